The molecule has 2 rings (SSSR count). The summed E-state index contributed by atoms with van der Waals surface area (Å²) in [6.45, 7) is 7.08. The highest BCUT2D eigenvalue weighted by Crippen LogP contribution is 2.35. The van der Waals surface area contributed by atoms with Crippen molar-refractivity contribution in [3.63, 3.8) is 0 Å². The molecule has 1 atom stereocenters. The minimum atomic E-state index is 0.464. The van der Waals surface area contributed by atoms with Gasteiger partial charge in [0.15, 0.2) is 0 Å². The van der Waals surface area contributed by atoms with E-state index in [2.05, 4.69) is 31.1 Å². The fraction of sp³-hybridized carbons (Fsp3) is 0.688. The molecule has 4 nitrogen and oxygen atoms in total. The monoisotopic (exact) mass is 277 g/mol. The van der Waals surface area contributed by atoms with Crippen molar-refractivity contribution in [2.24, 2.45) is 11.8 Å². The van der Waals surface area contributed by atoms with Gasteiger partial charge in [-0.05, 0) is 36.8 Å². The lowest BCUT2D eigenvalue weighted by Gasteiger charge is -2.18. The molecule has 1 saturated carbocycles. The zero-order valence-electron chi connectivity index (χ0n) is 12.9. The maximum atomic E-state index is 5.91. The molecule has 3 N–H and O–H groups in total. The lowest BCUT2D eigenvalue weighted by atomic mass is 10.1. The number of pyridine rings is 1. The van der Waals surface area contributed by atoms with E-state index < -0.39 is 0 Å². The SMILES string of the molecule is CCC(CC1CC1)Nc1ccc(N)c(OCC(C)C)n1. The number of nitrogens with zero attached hydrogens (tertiary/aromatic N) is 1. The van der Waals surface area contributed by atoms with Gasteiger partial charge in [-0.15, -0.1) is 0 Å². The molecule has 0 saturated heterocycles. The van der Waals surface area contributed by atoms with Crippen LogP contribution in [0.4, 0.5) is 11.5 Å². The van der Waals surface area contributed by atoms with Crippen LogP contribution in [0.15, 0.2) is 12.1 Å². The second kappa shape index (κ2) is 6.82. The molecule has 0 aliphatic heterocycles. The Morgan fingerprint density at radius 3 is 2.75 bits per heavy atom. The number of ether oxygens (including phenoxy) is 1. The molecule has 1 aliphatic carbocycles. The van der Waals surface area contributed by atoms with Crippen molar-refractivity contribution in [2.45, 2.75) is 52.5 Å². The van der Waals surface area contributed by atoms with Crippen LogP contribution in [0.25, 0.3) is 0 Å². The van der Waals surface area contributed by atoms with E-state index in [1.54, 1.807) is 0 Å². The predicted octanol–water partition coefficient (Wildman–Crippen LogP) is 3.69. The number of nitrogens with one attached hydrogen (secondary N) is 1. The van der Waals surface area contributed by atoms with E-state index in [1.807, 2.05) is 12.1 Å². The first-order valence-electron chi connectivity index (χ1n) is 7.74. The Balaban J connectivity index is 1.97. The molecular weight excluding hydrogens is 250 g/mol. The summed E-state index contributed by atoms with van der Waals surface area (Å²) in [6, 6.07) is 4.30. The first-order valence-corrected chi connectivity index (χ1v) is 7.74. The highest BCUT2D eigenvalue weighted by molar-refractivity contribution is 5.53. The van der Waals surface area contributed by atoms with Gasteiger partial charge in [-0.1, -0.05) is 33.6 Å². The Kier molecular flexibility index (Phi) is 5.10. The molecule has 1 aromatic rings. The van der Waals surface area contributed by atoms with E-state index in [-0.39, 0.29) is 0 Å². The highest BCUT2D eigenvalue weighted by Gasteiger charge is 2.24. The summed E-state index contributed by atoms with van der Waals surface area (Å²) in [5.74, 6) is 2.79. The van der Waals surface area contributed by atoms with E-state index >= 15 is 0 Å². The van der Waals surface area contributed by atoms with Crippen LogP contribution in [0.3, 0.4) is 0 Å². The molecule has 0 bridgehead atoms. The zero-order chi connectivity index (χ0) is 14.5. The second-order valence-electron chi connectivity index (χ2n) is 6.22. The third-order valence-electron chi connectivity index (χ3n) is 3.60. The van der Waals surface area contributed by atoms with E-state index in [4.69, 9.17) is 10.5 Å². The molecule has 0 amide bonds. The molecule has 1 fully saturated rings. The molecule has 1 aliphatic rings. The Morgan fingerprint density at radius 1 is 1.40 bits per heavy atom. The normalized spacial score (nSPS) is 16.2. The molecule has 20 heavy (non-hydrogen) atoms. The quantitative estimate of drug-likeness (QED) is 0.761. The summed E-state index contributed by atoms with van der Waals surface area (Å²) in [7, 11) is 0. The average molecular weight is 277 g/mol. The summed E-state index contributed by atoms with van der Waals surface area (Å²) in [4.78, 5) is 4.50. The van der Waals surface area contributed by atoms with Crippen molar-refractivity contribution in [3.8, 4) is 5.88 Å². The summed E-state index contributed by atoms with van der Waals surface area (Å²) in [5, 5.41) is 3.51. The molecule has 1 aromatic heterocycles. The molecule has 0 aromatic carbocycles. The number of aromatic nitrogens is 1. The summed E-state index contributed by atoms with van der Waals surface area (Å²) >= 11 is 0. The van der Waals surface area contributed by atoms with Crippen molar-refractivity contribution in [1.29, 1.82) is 0 Å². The lowest BCUT2D eigenvalue weighted by molar-refractivity contribution is 0.263. The van der Waals surface area contributed by atoms with Crippen LogP contribution in [0.1, 0.15) is 46.5 Å². The first kappa shape index (κ1) is 14.9. The number of nitrogen functional groups attached to an aromatic ring is 1. The van der Waals surface area contributed by atoms with E-state index in [0.29, 0.717) is 30.1 Å². The van der Waals surface area contributed by atoms with Crippen LogP contribution < -0.4 is 15.8 Å². The van der Waals surface area contributed by atoms with Gasteiger partial charge in [-0.25, -0.2) is 0 Å². The molecular formula is C16H27N3O. The maximum Gasteiger partial charge on any atom is 0.239 e. The minimum absolute atomic E-state index is 0.464. The number of rotatable bonds is 8. The van der Waals surface area contributed by atoms with Gasteiger partial charge >= 0.3 is 0 Å². The van der Waals surface area contributed by atoms with Gasteiger partial charge in [-0.3, -0.25) is 0 Å². The molecule has 4 heteroatoms. The van der Waals surface area contributed by atoms with E-state index in [9.17, 15) is 0 Å². The largest absolute Gasteiger partial charge is 0.476 e. The lowest BCUT2D eigenvalue weighted by Crippen LogP contribution is -2.20. The van der Waals surface area contributed by atoms with Crippen molar-refractivity contribution in [3.05, 3.63) is 12.1 Å². The predicted molar refractivity (Wildman–Crippen MR) is 84.0 cm³/mol. The van der Waals surface area contributed by atoms with Gasteiger partial charge in [0, 0.05) is 6.04 Å². The summed E-state index contributed by atoms with van der Waals surface area (Å²) in [5.41, 5.74) is 6.52. The minimum Gasteiger partial charge on any atom is -0.476 e. The van der Waals surface area contributed by atoms with Crippen molar-refractivity contribution in [2.75, 3.05) is 17.7 Å². The first-order chi connectivity index (χ1) is 9.58. The van der Waals surface area contributed by atoms with Gasteiger partial charge in [0.05, 0.1) is 12.3 Å². The Morgan fingerprint density at radius 2 is 2.15 bits per heavy atom. The fourth-order valence-electron chi connectivity index (χ4n) is 2.19. The Bertz CT molecular complexity index is 430. The van der Waals surface area contributed by atoms with Crippen molar-refractivity contribution >= 4 is 11.5 Å². The van der Waals surface area contributed by atoms with Crippen LogP contribution in [0.5, 0.6) is 5.88 Å². The smallest absolute Gasteiger partial charge is 0.239 e. The Labute approximate surface area is 122 Å². The van der Waals surface area contributed by atoms with Crippen LogP contribution in [-0.2, 0) is 0 Å². The number of anilines is 2. The van der Waals surface area contributed by atoms with Crippen molar-refractivity contribution in [1.82, 2.24) is 4.98 Å². The summed E-state index contributed by atoms with van der Waals surface area (Å²) in [6.07, 6.45) is 5.13. The zero-order valence-corrected chi connectivity index (χ0v) is 12.9. The average Bonchev–Trinajstić information content (AvgIpc) is 3.22. The Hall–Kier alpha value is -1.45. The number of nitrogens with two attached hydrogens (primary N) is 1. The standard InChI is InChI=1S/C16H27N3O/c1-4-13(9-12-5-6-12)18-15-8-7-14(17)16(19-15)20-10-11(2)3/h7-8,11-13H,4-6,9-10,17H2,1-3H3,(H,18,19). The topological polar surface area (TPSA) is 60.2 Å². The van der Waals surface area contributed by atoms with Crippen LogP contribution in [-0.4, -0.2) is 17.6 Å². The molecule has 0 radical (unpaired) electrons. The molecule has 112 valence electrons. The highest BCUT2D eigenvalue weighted by atomic mass is 16.5. The molecule has 1 heterocycles. The third-order valence-corrected chi connectivity index (χ3v) is 3.60. The van der Waals surface area contributed by atoms with Crippen molar-refractivity contribution < 1.29 is 4.74 Å². The van der Waals surface area contributed by atoms with Crippen LogP contribution >= 0.6 is 0 Å². The number of hydrogen-bond acceptors (Lipinski definition) is 4. The van der Waals surface area contributed by atoms with E-state index in [0.717, 1.165) is 18.2 Å². The van der Waals surface area contributed by atoms with Crippen LogP contribution in [0.2, 0.25) is 0 Å². The maximum absolute atomic E-state index is 5.91. The van der Waals surface area contributed by atoms with Gasteiger partial charge in [-0.2, -0.15) is 4.98 Å². The fourth-order valence-corrected chi connectivity index (χ4v) is 2.19. The molecule has 1 unspecified atom stereocenters. The third kappa shape index (κ3) is 4.58. The van der Waals surface area contributed by atoms with Gasteiger partial charge in [0.2, 0.25) is 5.88 Å². The van der Waals surface area contributed by atoms with Crippen LogP contribution in [0, 0.1) is 11.8 Å². The van der Waals surface area contributed by atoms with E-state index in [1.165, 1.54) is 19.3 Å². The molecule has 0 spiro atoms. The number of hydrogen-bond donors (Lipinski definition) is 2. The van der Waals surface area contributed by atoms with Gasteiger partial charge in [0.1, 0.15) is 5.82 Å². The summed E-state index contributed by atoms with van der Waals surface area (Å²) < 4.78 is 5.67. The second-order valence-corrected chi connectivity index (χ2v) is 6.22. The van der Waals surface area contributed by atoms with Gasteiger partial charge < -0.3 is 15.8 Å². The van der Waals surface area contributed by atoms with Gasteiger partial charge in [0.25, 0.3) is 0 Å².